The summed E-state index contributed by atoms with van der Waals surface area (Å²) in [7, 11) is -3.74. The number of primary sulfonamides is 2. The fourth-order valence-corrected chi connectivity index (χ4v) is 5.78. The largest absolute Gasteiger partial charge is 0.399 e. The van der Waals surface area contributed by atoms with Crippen molar-refractivity contribution in [2.75, 3.05) is 82.0 Å². The number of rotatable bonds is 5. The molecule has 14 nitrogen and oxygen atoms in total. The van der Waals surface area contributed by atoms with Gasteiger partial charge >= 0.3 is 0 Å². The van der Waals surface area contributed by atoms with Gasteiger partial charge in [0.05, 0.1) is 16.3 Å². The zero-order valence-electron chi connectivity index (χ0n) is 21.4. The minimum atomic E-state index is -4.01. The predicted molar refractivity (Wildman–Crippen MR) is 146 cm³/mol. The maximum Gasteiger partial charge on any atom is 0.270 e. The van der Waals surface area contributed by atoms with Crippen molar-refractivity contribution < 1.29 is 21.8 Å². The Morgan fingerprint density at radius 2 is 1.11 bits per heavy atom. The fraction of sp³-hybridized carbons (Fsp3) is 0.455. The molecule has 0 atom stereocenters. The van der Waals surface area contributed by atoms with Crippen molar-refractivity contribution in [2.24, 2.45) is 10.3 Å². The number of anilines is 3. The summed E-state index contributed by atoms with van der Waals surface area (Å²) in [4.78, 5) is 18.3. The van der Waals surface area contributed by atoms with Crippen LogP contribution in [0.4, 0.5) is 22.7 Å². The third-order valence-electron chi connectivity index (χ3n) is 6.44. The number of hydrogen-bond donors (Lipinski definition) is 3. The van der Waals surface area contributed by atoms with Crippen LogP contribution < -0.4 is 25.8 Å². The first-order valence-electron chi connectivity index (χ1n) is 11.8. The summed E-state index contributed by atoms with van der Waals surface area (Å²) in [5.41, 5.74) is 6.80. The minimum absolute atomic E-state index is 0.104. The van der Waals surface area contributed by atoms with Crippen molar-refractivity contribution in [1.29, 1.82) is 0 Å². The van der Waals surface area contributed by atoms with E-state index in [2.05, 4.69) is 9.80 Å². The predicted octanol–water partition coefficient (Wildman–Crippen LogP) is -0.338. The minimum Gasteiger partial charge on any atom is -0.399 e. The second-order valence-corrected chi connectivity index (χ2v) is 12.4. The average Bonchev–Trinajstić information content (AvgIpc) is 2.84. The second kappa shape index (κ2) is 11.8. The van der Waals surface area contributed by atoms with Crippen LogP contribution in [0.5, 0.6) is 0 Å². The molecule has 2 saturated heterocycles. The van der Waals surface area contributed by atoms with E-state index in [4.69, 9.17) is 16.0 Å². The molecule has 2 aromatic rings. The van der Waals surface area contributed by atoms with Crippen LogP contribution in [-0.4, -0.2) is 98.0 Å². The van der Waals surface area contributed by atoms with E-state index >= 15 is 0 Å². The van der Waals surface area contributed by atoms with Gasteiger partial charge in [-0.2, -0.15) is 0 Å². The summed E-state index contributed by atoms with van der Waals surface area (Å²) >= 11 is 0. The average molecular weight is 571 g/mol. The molecule has 38 heavy (non-hydrogen) atoms. The summed E-state index contributed by atoms with van der Waals surface area (Å²) in [6.07, 6.45) is 0. The Hall–Kier alpha value is -3.02. The molecule has 0 aliphatic carbocycles. The lowest BCUT2D eigenvalue weighted by Gasteiger charge is -2.34. The molecule has 2 fully saturated rings. The molecule has 0 unspecified atom stereocenters. The molecule has 2 aliphatic rings. The number of nitrogens with zero attached hydrogens (tertiary/aromatic N) is 5. The van der Waals surface area contributed by atoms with Gasteiger partial charge in [0.1, 0.15) is 9.79 Å². The lowest BCUT2D eigenvalue weighted by molar-refractivity contribution is -0.385. The Morgan fingerprint density at radius 1 is 0.711 bits per heavy atom. The third-order valence-corrected chi connectivity index (χ3v) is 8.32. The number of hydrogen-bond acceptors (Lipinski definition) is 11. The van der Waals surface area contributed by atoms with E-state index < -0.39 is 25.0 Å². The van der Waals surface area contributed by atoms with E-state index in [1.165, 1.54) is 18.2 Å². The van der Waals surface area contributed by atoms with Crippen LogP contribution in [0.25, 0.3) is 0 Å². The van der Waals surface area contributed by atoms with Crippen molar-refractivity contribution in [3.63, 3.8) is 0 Å². The lowest BCUT2D eigenvalue weighted by Crippen LogP contribution is -2.45. The van der Waals surface area contributed by atoms with Gasteiger partial charge in [-0.3, -0.25) is 10.1 Å². The summed E-state index contributed by atoms with van der Waals surface area (Å²) in [6, 6.07) is 8.60. The molecule has 4 rings (SSSR count). The zero-order valence-corrected chi connectivity index (χ0v) is 23.0. The number of nitro groups is 1. The molecular formula is C22H34N8O6S2. The van der Waals surface area contributed by atoms with Crippen LogP contribution in [-0.2, 0) is 20.0 Å². The van der Waals surface area contributed by atoms with Gasteiger partial charge in [-0.25, -0.2) is 27.1 Å². The number of nitrogens with two attached hydrogens (primary N) is 3. The molecule has 0 radical (unpaired) electrons. The van der Waals surface area contributed by atoms with E-state index in [1.807, 2.05) is 23.9 Å². The van der Waals surface area contributed by atoms with Gasteiger partial charge in [-0.1, -0.05) is 0 Å². The first-order valence-corrected chi connectivity index (χ1v) is 14.9. The number of nitrogen functional groups attached to an aromatic ring is 1. The number of benzene rings is 2. The van der Waals surface area contributed by atoms with Crippen molar-refractivity contribution >= 4 is 42.8 Å². The molecule has 6 N–H and O–H groups in total. The Morgan fingerprint density at radius 3 is 1.50 bits per heavy atom. The first kappa shape index (κ1) is 29.5. The molecule has 2 heterocycles. The highest BCUT2D eigenvalue weighted by atomic mass is 32.2. The van der Waals surface area contributed by atoms with Gasteiger partial charge in [0, 0.05) is 70.2 Å². The number of sulfonamides is 2. The van der Waals surface area contributed by atoms with E-state index in [-0.39, 0.29) is 15.5 Å². The number of piperazine rings is 2. The molecular weight excluding hydrogens is 536 g/mol. The topological polar surface area (TPSA) is 202 Å². The van der Waals surface area contributed by atoms with Crippen LogP contribution in [0, 0.1) is 10.1 Å². The van der Waals surface area contributed by atoms with E-state index in [9.17, 15) is 26.9 Å². The standard InChI is InChI=1S/C11H16N4O4S.C11H18N4O2S/c1-13-4-6-14(7-5-13)10-3-2-9(15(16)17)8-11(10)20(12,18)19;1-14-4-6-15(7-5-14)10-3-2-9(12)8-11(10)18(13,16)17/h2-3,8H,4-7H2,1H3,(H2,12,18,19);2-3,8H,4-7,12H2,1H3,(H2,13,16,17). The monoisotopic (exact) mass is 570 g/mol. The molecule has 2 aliphatic heterocycles. The molecule has 0 aromatic heterocycles. The van der Waals surface area contributed by atoms with Gasteiger partial charge in [-0.05, 0) is 38.4 Å². The summed E-state index contributed by atoms with van der Waals surface area (Å²) in [6.45, 7) is 6.24. The van der Waals surface area contributed by atoms with Crippen LogP contribution in [0.2, 0.25) is 0 Å². The Bertz CT molecular complexity index is 1370. The molecule has 0 bridgehead atoms. The van der Waals surface area contributed by atoms with Crippen molar-refractivity contribution in [3.8, 4) is 0 Å². The highest BCUT2D eigenvalue weighted by Crippen LogP contribution is 2.29. The van der Waals surface area contributed by atoms with Gasteiger partial charge in [-0.15, -0.1) is 0 Å². The highest BCUT2D eigenvalue weighted by Gasteiger charge is 2.25. The summed E-state index contributed by atoms with van der Waals surface area (Å²) in [5.74, 6) is 0. The van der Waals surface area contributed by atoms with Crippen LogP contribution >= 0.6 is 0 Å². The maximum absolute atomic E-state index is 11.7. The highest BCUT2D eigenvalue weighted by molar-refractivity contribution is 7.89. The Labute approximate surface area is 222 Å². The van der Waals surface area contributed by atoms with E-state index in [1.54, 1.807) is 12.1 Å². The number of nitro benzene ring substituents is 1. The number of likely N-dealkylation sites (N-methyl/N-ethyl adjacent to an activating group) is 2. The Kier molecular flexibility index (Phi) is 9.17. The lowest BCUT2D eigenvalue weighted by atomic mass is 10.2. The molecule has 16 heteroatoms. The molecule has 210 valence electrons. The molecule has 0 saturated carbocycles. The normalized spacial score (nSPS) is 17.6. The van der Waals surface area contributed by atoms with Crippen molar-refractivity contribution in [2.45, 2.75) is 9.79 Å². The smallest absolute Gasteiger partial charge is 0.270 e. The van der Waals surface area contributed by atoms with E-state index in [0.29, 0.717) is 30.2 Å². The molecule has 2 aromatic carbocycles. The molecule has 0 amide bonds. The van der Waals surface area contributed by atoms with Gasteiger partial charge < -0.3 is 25.3 Å². The van der Waals surface area contributed by atoms with Gasteiger partial charge in [0.2, 0.25) is 20.0 Å². The van der Waals surface area contributed by atoms with Crippen LogP contribution in [0.3, 0.4) is 0 Å². The molecule has 0 spiro atoms. The first-order chi connectivity index (χ1) is 17.7. The summed E-state index contributed by atoms with van der Waals surface area (Å²) in [5, 5.41) is 21.2. The van der Waals surface area contributed by atoms with Crippen molar-refractivity contribution in [3.05, 3.63) is 46.5 Å². The third kappa shape index (κ3) is 7.52. The quantitative estimate of drug-likeness (QED) is 0.241. The number of non-ortho nitro benzene ring substituents is 1. The maximum atomic E-state index is 11.7. The van der Waals surface area contributed by atoms with E-state index in [0.717, 1.165) is 45.3 Å². The zero-order chi connectivity index (χ0) is 28.3. The second-order valence-electron chi connectivity index (χ2n) is 9.31. The van der Waals surface area contributed by atoms with Crippen LogP contribution in [0.1, 0.15) is 0 Å². The van der Waals surface area contributed by atoms with Gasteiger partial charge in [0.15, 0.2) is 0 Å². The SMILES string of the molecule is CN1CCN(c2ccc(N)cc2S(N)(=O)=O)CC1.CN1CCN(c2ccc([N+](=O)[O-])cc2S(N)(=O)=O)CC1. The van der Waals surface area contributed by atoms with Crippen LogP contribution in [0.15, 0.2) is 46.2 Å². The summed E-state index contributed by atoms with van der Waals surface area (Å²) < 4.78 is 46.5. The Balaban J connectivity index is 0.000000212. The van der Waals surface area contributed by atoms with Crippen molar-refractivity contribution in [1.82, 2.24) is 9.80 Å². The fourth-order valence-electron chi connectivity index (χ4n) is 4.22. The van der Waals surface area contributed by atoms with Gasteiger partial charge in [0.25, 0.3) is 5.69 Å².